The molecule has 0 saturated carbocycles. The van der Waals surface area contributed by atoms with Crippen molar-refractivity contribution in [3.63, 3.8) is 0 Å². The molecule has 3 nitrogen and oxygen atoms in total. The first-order valence-corrected chi connectivity index (χ1v) is 5.78. The van der Waals surface area contributed by atoms with Gasteiger partial charge in [-0.15, -0.1) is 0 Å². The minimum absolute atomic E-state index is 0.0250. The van der Waals surface area contributed by atoms with Gasteiger partial charge < -0.3 is 5.11 Å². The minimum atomic E-state index is -0.869. The standard InChI is InChI=1S/C12H15ClFNO2/c1-2-5-15(8-12(16)17)7-9-3-4-11(14)10(13)6-9/h3-4,6H,2,5,7-8H2,1H3,(H,16,17). The lowest BCUT2D eigenvalue weighted by Crippen LogP contribution is -2.30. The first kappa shape index (κ1) is 13.9. The minimum Gasteiger partial charge on any atom is -0.480 e. The molecule has 0 heterocycles. The van der Waals surface area contributed by atoms with Crippen LogP contribution >= 0.6 is 11.6 Å². The average molecular weight is 260 g/mol. The van der Waals surface area contributed by atoms with E-state index in [1.54, 1.807) is 11.0 Å². The van der Waals surface area contributed by atoms with Gasteiger partial charge in [0.2, 0.25) is 0 Å². The number of hydrogen-bond donors (Lipinski definition) is 1. The summed E-state index contributed by atoms with van der Waals surface area (Å²) in [6.45, 7) is 3.09. The van der Waals surface area contributed by atoms with Gasteiger partial charge in [0.15, 0.2) is 0 Å². The maximum absolute atomic E-state index is 13.0. The lowest BCUT2D eigenvalue weighted by atomic mass is 10.2. The summed E-state index contributed by atoms with van der Waals surface area (Å²) in [5, 5.41) is 8.82. The van der Waals surface area contributed by atoms with Gasteiger partial charge in [-0.1, -0.05) is 24.6 Å². The topological polar surface area (TPSA) is 40.5 Å². The number of rotatable bonds is 6. The van der Waals surface area contributed by atoms with Gasteiger partial charge in [0.25, 0.3) is 0 Å². The van der Waals surface area contributed by atoms with E-state index in [0.717, 1.165) is 12.0 Å². The highest BCUT2D eigenvalue weighted by Gasteiger charge is 2.10. The zero-order valence-corrected chi connectivity index (χ0v) is 10.4. The molecule has 0 bridgehead atoms. The maximum atomic E-state index is 13.0. The fraction of sp³-hybridized carbons (Fsp3) is 0.417. The molecule has 5 heteroatoms. The molecule has 0 amide bonds. The molecular formula is C12H15ClFNO2. The lowest BCUT2D eigenvalue weighted by molar-refractivity contribution is -0.138. The summed E-state index contributed by atoms with van der Waals surface area (Å²) in [7, 11) is 0. The van der Waals surface area contributed by atoms with Gasteiger partial charge in [-0.05, 0) is 30.7 Å². The van der Waals surface area contributed by atoms with Crippen LogP contribution in [0.2, 0.25) is 5.02 Å². The van der Waals surface area contributed by atoms with Crippen LogP contribution in [0.25, 0.3) is 0 Å². The largest absolute Gasteiger partial charge is 0.480 e. The first-order valence-electron chi connectivity index (χ1n) is 5.41. The van der Waals surface area contributed by atoms with Crippen molar-refractivity contribution in [3.8, 4) is 0 Å². The van der Waals surface area contributed by atoms with Gasteiger partial charge >= 0.3 is 5.97 Å². The van der Waals surface area contributed by atoms with Crippen molar-refractivity contribution < 1.29 is 14.3 Å². The quantitative estimate of drug-likeness (QED) is 0.854. The Morgan fingerprint density at radius 2 is 2.24 bits per heavy atom. The van der Waals surface area contributed by atoms with E-state index in [0.29, 0.717) is 13.1 Å². The van der Waals surface area contributed by atoms with Crippen molar-refractivity contribution >= 4 is 17.6 Å². The molecule has 0 unspecified atom stereocenters. The number of carboxylic acids is 1. The van der Waals surface area contributed by atoms with E-state index >= 15 is 0 Å². The SMILES string of the molecule is CCCN(CC(=O)O)Cc1ccc(F)c(Cl)c1. The van der Waals surface area contributed by atoms with Crippen LogP contribution in [-0.2, 0) is 11.3 Å². The molecule has 0 saturated heterocycles. The zero-order valence-electron chi connectivity index (χ0n) is 9.62. The normalized spacial score (nSPS) is 10.8. The third-order valence-electron chi connectivity index (χ3n) is 2.29. The second-order valence-corrected chi connectivity index (χ2v) is 4.26. The Hall–Kier alpha value is -1.13. The highest BCUT2D eigenvalue weighted by molar-refractivity contribution is 6.30. The molecule has 1 rings (SSSR count). The van der Waals surface area contributed by atoms with Gasteiger partial charge in [0.1, 0.15) is 5.82 Å². The Bertz CT molecular complexity index is 398. The van der Waals surface area contributed by atoms with Gasteiger partial charge in [0.05, 0.1) is 11.6 Å². The van der Waals surface area contributed by atoms with E-state index in [4.69, 9.17) is 16.7 Å². The summed E-state index contributed by atoms with van der Waals surface area (Å²) in [4.78, 5) is 12.5. The Balaban J connectivity index is 2.71. The van der Waals surface area contributed by atoms with Gasteiger partial charge in [0, 0.05) is 6.54 Å². The van der Waals surface area contributed by atoms with Crippen LogP contribution in [0.15, 0.2) is 18.2 Å². The van der Waals surface area contributed by atoms with Gasteiger partial charge in [-0.3, -0.25) is 9.69 Å². The summed E-state index contributed by atoms with van der Waals surface area (Å²) in [6.07, 6.45) is 0.863. The van der Waals surface area contributed by atoms with Gasteiger partial charge in [-0.25, -0.2) is 4.39 Å². The first-order chi connectivity index (χ1) is 8.02. The van der Waals surface area contributed by atoms with Crippen molar-refractivity contribution in [2.24, 2.45) is 0 Å². The van der Waals surface area contributed by atoms with Crippen LogP contribution in [0.3, 0.4) is 0 Å². The molecule has 0 spiro atoms. The number of halogens is 2. The Labute approximate surface area is 105 Å². The highest BCUT2D eigenvalue weighted by Crippen LogP contribution is 2.17. The summed E-state index contributed by atoms with van der Waals surface area (Å²) >= 11 is 5.67. The zero-order chi connectivity index (χ0) is 12.8. The fourth-order valence-corrected chi connectivity index (χ4v) is 1.82. The summed E-state index contributed by atoms with van der Waals surface area (Å²) < 4.78 is 13.0. The lowest BCUT2D eigenvalue weighted by Gasteiger charge is -2.19. The predicted octanol–water partition coefficient (Wildman–Crippen LogP) is 2.78. The van der Waals surface area contributed by atoms with E-state index in [1.807, 2.05) is 6.92 Å². The van der Waals surface area contributed by atoms with Crippen LogP contribution in [-0.4, -0.2) is 29.1 Å². The van der Waals surface area contributed by atoms with Crippen molar-refractivity contribution in [2.75, 3.05) is 13.1 Å². The molecule has 17 heavy (non-hydrogen) atoms. The van der Waals surface area contributed by atoms with E-state index in [9.17, 15) is 9.18 Å². The molecule has 0 atom stereocenters. The molecular weight excluding hydrogens is 245 g/mol. The molecule has 0 aromatic heterocycles. The van der Waals surface area contributed by atoms with E-state index < -0.39 is 11.8 Å². The summed E-state index contributed by atoms with van der Waals surface area (Å²) in [5.41, 5.74) is 0.811. The van der Waals surface area contributed by atoms with Crippen molar-refractivity contribution in [1.29, 1.82) is 0 Å². The number of hydrogen-bond acceptors (Lipinski definition) is 2. The second kappa shape index (κ2) is 6.57. The van der Waals surface area contributed by atoms with E-state index in [-0.39, 0.29) is 11.6 Å². The molecule has 0 fully saturated rings. The monoisotopic (exact) mass is 259 g/mol. The number of nitrogens with zero attached hydrogens (tertiary/aromatic N) is 1. The second-order valence-electron chi connectivity index (χ2n) is 3.85. The summed E-state index contributed by atoms with van der Waals surface area (Å²) in [5.74, 6) is -1.33. The third kappa shape index (κ3) is 4.71. The Morgan fingerprint density at radius 3 is 2.76 bits per heavy atom. The van der Waals surface area contributed by atoms with Crippen LogP contribution in [0, 0.1) is 5.82 Å². The smallest absolute Gasteiger partial charge is 0.317 e. The molecule has 0 aliphatic rings. The van der Waals surface area contributed by atoms with Crippen LogP contribution in [0.4, 0.5) is 4.39 Å². The maximum Gasteiger partial charge on any atom is 0.317 e. The number of aliphatic carboxylic acids is 1. The van der Waals surface area contributed by atoms with Gasteiger partial charge in [-0.2, -0.15) is 0 Å². The van der Waals surface area contributed by atoms with Crippen molar-refractivity contribution in [1.82, 2.24) is 4.90 Å². The molecule has 0 radical (unpaired) electrons. The molecule has 0 aliphatic heterocycles. The third-order valence-corrected chi connectivity index (χ3v) is 2.58. The Morgan fingerprint density at radius 1 is 1.53 bits per heavy atom. The summed E-state index contributed by atoms with van der Waals surface area (Å²) in [6, 6.07) is 4.44. The molecule has 1 aromatic carbocycles. The molecule has 1 N–H and O–H groups in total. The molecule has 94 valence electrons. The Kier molecular flexibility index (Phi) is 5.38. The number of carboxylic acid groups (broad SMARTS) is 1. The van der Waals surface area contributed by atoms with Crippen LogP contribution in [0.5, 0.6) is 0 Å². The number of benzene rings is 1. The molecule has 1 aromatic rings. The van der Waals surface area contributed by atoms with E-state index in [1.165, 1.54) is 12.1 Å². The van der Waals surface area contributed by atoms with Crippen molar-refractivity contribution in [2.45, 2.75) is 19.9 Å². The van der Waals surface area contributed by atoms with Crippen molar-refractivity contribution in [3.05, 3.63) is 34.6 Å². The van der Waals surface area contributed by atoms with Crippen LogP contribution in [0.1, 0.15) is 18.9 Å². The highest BCUT2D eigenvalue weighted by atomic mass is 35.5. The predicted molar refractivity (Wildman–Crippen MR) is 64.6 cm³/mol. The fourth-order valence-electron chi connectivity index (χ4n) is 1.62. The van der Waals surface area contributed by atoms with Crippen LogP contribution < -0.4 is 0 Å². The average Bonchev–Trinajstić information content (AvgIpc) is 2.23. The molecule has 0 aliphatic carbocycles. The van der Waals surface area contributed by atoms with E-state index in [2.05, 4.69) is 0 Å². The number of carbonyl (C=O) groups is 1.